The number of aryl methyl sites for hydroxylation is 2. The fraction of sp³-hybridized carbons (Fsp3) is 0.357. The largest absolute Gasteiger partial charge is 0.370 e. The number of benzene rings is 1. The summed E-state index contributed by atoms with van der Waals surface area (Å²) in [5, 5.41) is 1.30. The average Bonchev–Trinajstić information content (AvgIpc) is 2.75. The summed E-state index contributed by atoms with van der Waals surface area (Å²) in [6, 6.07) is 6.41. The number of ether oxygens (including phenoxy) is 1. The van der Waals surface area contributed by atoms with Crippen molar-refractivity contribution < 1.29 is 4.74 Å². The molecular formula is C14H15NO. The number of hydrogen-bond acceptors (Lipinski definition) is 2. The third kappa shape index (κ3) is 1.26. The first kappa shape index (κ1) is 9.79. The Hall–Kier alpha value is -1.41. The van der Waals surface area contributed by atoms with Crippen molar-refractivity contribution in [3.63, 3.8) is 0 Å². The van der Waals surface area contributed by atoms with Gasteiger partial charge in [0.05, 0.1) is 24.4 Å². The third-order valence-electron chi connectivity index (χ3n) is 3.36. The second-order valence-electron chi connectivity index (χ2n) is 4.33. The molecule has 0 amide bonds. The van der Waals surface area contributed by atoms with Gasteiger partial charge in [0.2, 0.25) is 0 Å². The summed E-state index contributed by atoms with van der Waals surface area (Å²) in [5.74, 6) is 0. The molecule has 1 aliphatic rings. The topological polar surface area (TPSA) is 22.1 Å². The second-order valence-corrected chi connectivity index (χ2v) is 4.33. The van der Waals surface area contributed by atoms with Crippen LogP contribution in [0.2, 0.25) is 0 Å². The van der Waals surface area contributed by atoms with Gasteiger partial charge in [-0.1, -0.05) is 25.1 Å². The Kier molecular flexibility index (Phi) is 2.18. The van der Waals surface area contributed by atoms with Gasteiger partial charge in [-0.25, -0.2) is 4.98 Å². The van der Waals surface area contributed by atoms with Crippen molar-refractivity contribution in [3.05, 3.63) is 40.6 Å². The predicted octanol–water partition coefficient (Wildman–Crippen LogP) is 3.14. The lowest BCUT2D eigenvalue weighted by Crippen LogP contribution is -1.98. The number of aromatic nitrogens is 1. The van der Waals surface area contributed by atoms with Crippen molar-refractivity contribution in [2.45, 2.75) is 33.5 Å². The zero-order chi connectivity index (χ0) is 11.1. The van der Waals surface area contributed by atoms with Crippen LogP contribution >= 0.6 is 0 Å². The highest BCUT2D eigenvalue weighted by Gasteiger charge is 2.19. The standard InChI is InChI=1S/C14H15NO/c1-3-10-11-6-4-5-9(2)14(11)15-13-8-16-7-12(10)13/h4-6H,3,7-8H2,1-2H3. The van der Waals surface area contributed by atoms with Crippen LogP contribution in [0.25, 0.3) is 10.9 Å². The van der Waals surface area contributed by atoms with Gasteiger partial charge in [0, 0.05) is 10.9 Å². The molecule has 0 radical (unpaired) electrons. The first-order valence-corrected chi connectivity index (χ1v) is 5.79. The maximum Gasteiger partial charge on any atom is 0.0896 e. The van der Waals surface area contributed by atoms with Gasteiger partial charge in [-0.15, -0.1) is 0 Å². The van der Waals surface area contributed by atoms with E-state index in [1.807, 2.05) is 0 Å². The summed E-state index contributed by atoms with van der Waals surface area (Å²) in [7, 11) is 0. The minimum Gasteiger partial charge on any atom is -0.370 e. The Morgan fingerprint density at radius 1 is 1.31 bits per heavy atom. The number of fused-ring (bicyclic) bond motifs is 2. The summed E-state index contributed by atoms with van der Waals surface area (Å²) in [4.78, 5) is 4.74. The van der Waals surface area contributed by atoms with E-state index in [9.17, 15) is 0 Å². The molecule has 2 aromatic rings. The quantitative estimate of drug-likeness (QED) is 0.726. The normalized spacial score (nSPS) is 14.4. The Balaban J connectivity index is 2.44. The zero-order valence-electron chi connectivity index (χ0n) is 9.71. The lowest BCUT2D eigenvalue weighted by atomic mass is 9.98. The first-order chi connectivity index (χ1) is 7.81. The van der Waals surface area contributed by atoms with Crippen LogP contribution < -0.4 is 0 Å². The fourth-order valence-electron chi connectivity index (χ4n) is 2.53. The van der Waals surface area contributed by atoms with Gasteiger partial charge in [-0.3, -0.25) is 0 Å². The summed E-state index contributed by atoms with van der Waals surface area (Å²) in [5.41, 5.74) is 6.27. The number of nitrogens with zero attached hydrogens (tertiary/aromatic N) is 1. The van der Waals surface area contributed by atoms with Crippen LogP contribution in [0.1, 0.15) is 29.3 Å². The van der Waals surface area contributed by atoms with E-state index in [4.69, 9.17) is 9.72 Å². The molecule has 82 valence electrons. The van der Waals surface area contributed by atoms with Gasteiger partial charge < -0.3 is 4.74 Å². The summed E-state index contributed by atoms with van der Waals surface area (Å²) >= 11 is 0. The number of pyridine rings is 1. The van der Waals surface area contributed by atoms with Crippen molar-refractivity contribution in [2.75, 3.05) is 0 Å². The summed E-state index contributed by atoms with van der Waals surface area (Å²) in [6.07, 6.45) is 1.05. The molecule has 0 unspecified atom stereocenters. The van der Waals surface area contributed by atoms with E-state index in [1.54, 1.807) is 0 Å². The van der Waals surface area contributed by atoms with E-state index in [-0.39, 0.29) is 0 Å². The van der Waals surface area contributed by atoms with Crippen molar-refractivity contribution in [3.8, 4) is 0 Å². The SMILES string of the molecule is CCc1c2c(nc3c(C)cccc13)COC2. The van der Waals surface area contributed by atoms with E-state index in [0.717, 1.165) is 24.2 Å². The van der Waals surface area contributed by atoms with Gasteiger partial charge >= 0.3 is 0 Å². The van der Waals surface area contributed by atoms with Gasteiger partial charge in [0.25, 0.3) is 0 Å². The first-order valence-electron chi connectivity index (χ1n) is 5.79. The number of para-hydroxylation sites is 1. The van der Waals surface area contributed by atoms with Gasteiger partial charge in [0.15, 0.2) is 0 Å². The number of rotatable bonds is 1. The zero-order valence-corrected chi connectivity index (χ0v) is 9.71. The van der Waals surface area contributed by atoms with E-state index in [2.05, 4.69) is 32.0 Å². The molecule has 3 rings (SSSR count). The molecule has 0 N–H and O–H groups in total. The second kappa shape index (κ2) is 3.56. The highest BCUT2D eigenvalue weighted by molar-refractivity contribution is 5.86. The van der Waals surface area contributed by atoms with Crippen molar-refractivity contribution in [2.24, 2.45) is 0 Å². The summed E-state index contributed by atoms with van der Waals surface area (Å²) < 4.78 is 5.51. The minimum atomic E-state index is 0.673. The molecule has 0 saturated heterocycles. The molecule has 1 aliphatic heterocycles. The summed E-state index contributed by atoms with van der Waals surface area (Å²) in [6.45, 7) is 5.73. The average molecular weight is 213 g/mol. The Morgan fingerprint density at radius 2 is 2.19 bits per heavy atom. The fourth-order valence-corrected chi connectivity index (χ4v) is 2.53. The molecule has 1 aromatic heterocycles. The van der Waals surface area contributed by atoms with Crippen LogP contribution in [0, 0.1) is 6.92 Å². The highest BCUT2D eigenvalue weighted by Crippen LogP contribution is 2.30. The van der Waals surface area contributed by atoms with Gasteiger partial charge in [-0.2, -0.15) is 0 Å². The van der Waals surface area contributed by atoms with Gasteiger partial charge in [0.1, 0.15) is 0 Å². The van der Waals surface area contributed by atoms with Gasteiger partial charge in [-0.05, 0) is 24.5 Å². The van der Waals surface area contributed by atoms with E-state index < -0.39 is 0 Å². The van der Waals surface area contributed by atoms with E-state index in [0.29, 0.717) is 6.61 Å². The van der Waals surface area contributed by atoms with Crippen LogP contribution in [-0.4, -0.2) is 4.98 Å². The van der Waals surface area contributed by atoms with Crippen molar-refractivity contribution in [1.29, 1.82) is 0 Å². The van der Waals surface area contributed by atoms with Crippen LogP contribution in [0.3, 0.4) is 0 Å². The van der Waals surface area contributed by atoms with Crippen molar-refractivity contribution >= 4 is 10.9 Å². The van der Waals surface area contributed by atoms with Crippen LogP contribution in [0.5, 0.6) is 0 Å². The number of hydrogen-bond donors (Lipinski definition) is 0. The Labute approximate surface area is 95.3 Å². The lowest BCUT2D eigenvalue weighted by molar-refractivity contribution is 0.133. The molecule has 2 heteroatoms. The monoisotopic (exact) mass is 213 g/mol. The van der Waals surface area contributed by atoms with Crippen LogP contribution in [-0.2, 0) is 24.4 Å². The Bertz CT molecular complexity index is 560. The molecule has 2 heterocycles. The lowest BCUT2D eigenvalue weighted by Gasteiger charge is -2.10. The highest BCUT2D eigenvalue weighted by atomic mass is 16.5. The molecule has 16 heavy (non-hydrogen) atoms. The molecule has 0 spiro atoms. The molecule has 1 aromatic carbocycles. The Morgan fingerprint density at radius 3 is 3.00 bits per heavy atom. The molecule has 0 bridgehead atoms. The van der Waals surface area contributed by atoms with E-state index in [1.165, 1.54) is 22.1 Å². The third-order valence-corrected chi connectivity index (χ3v) is 3.36. The van der Waals surface area contributed by atoms with Crippen LogP contribution in [0.15, 0.2) is 18.2 Å². The molecule has 0 saturated carbocycles. The predicted molar refractivity (Wildman–Crippen MR) is 64.4 cm³/mol. The molecular weight excluding hydrogens is 198 g/mol. The maximum atomic E-state index is 5.51. The van der Waals surface area contributed by atoms with Crippen molar-refractivity contribution in [1.82, 2.24) is 4.98 Å². The molecule has 0 aliphatic carbocycles. The maximum absolute atomic E-state index is 5.51. The molecule has 2 nitrogen and oxygen atoms in total. The van der Waals surface area contributed by atoms with E-state index >= 15 is 0 Å². The molecule has 0 atom stereocenters. The smallest absolute Gasteiger partial charge is 0.0896 e. The minimum absolute atomic E-state index is 0.673. The molecule has 0 fully saturated rings. The van der Waals surface area contributed by atoms with Crippen LogP contribution in [0.4, 0.5) is 0 Å².